The van der Waals surface area contributed by atoms with Crippen LogP contribution in [0.25, 0.3) is 0 Å². The summed E-state index contributed by atoms with van der Waals surface area (Å²) in [4.78, 5) is 35.3. The number of hydrogen-bond acceptors (Lipinski definition) is 7. The van der Waals surface area contributed by atoms with Crippen LogP contribution in [0.15, 0.2) is 47.5 Å². The Hall–Kier alpha value is -3.79. The second-order valence-corrected chi connectivity index (χ2v) is 16.9. The van der Waals surface area contributed by atoms with Crippen molar-refractivity contribution >= 4 is 29.1 Å². The van der Waals surface area contributed by atoms with E-state index in [9.17, 15) is 9.59 Å². The highest BCUT2D eigenvalue weighted by atomic mass is 35.5. The number of halogens is 1. The number of hydrogen-bond donors (Lipinski definition) is 2. The lowest BCUT2D eigenvalue weighted by atomic mass is 9.75. The second kappa shape index (κ2) is 14.6. The molecule has 5 rings (SSSR count). The van der Waals surface area contributed by atoms with Gasteiger partial charge in [0.15, 0.2) is 5.82 Å². The number of carbonyl (C=O) groups excluding carboxylic acids is 2. The largest absolute Gasteiger partial charge is 0.492 e. The van der Waals surface area contributed by atoms with E-state index in [1.165, 1.54) is 0 Å². The van der Waals surface area contributed by atoms with Gasteiger partial charge in [-0.1, -0.05) is 90.4 Å². The SMILES string of the molecule is CC1CC(C)CC2(C1)N=C(c1ccc(Cl)c(OCCC(C)(C)C)c1)C(=O)N2[C@H](CCC(C)(C)C)c1ccc(C(=O)NCc2nn[nH]n2)cc1. The number of aromatic amines is 1. The fourth-order valence-electron chi connectivity index (χ4n) is 7.19. The number of aromatic nitrogens is 4. The van der Waals surface area contributed by atoms with Crippen molar-refractivity contribution in [3.05, 3.63) is 70.0 Å². The third-order valence-corrected chi connectivity index (χ3v) is 9.81. The Balaban J connectivity index is 1.50. The van der Waals surface area contributed by atoms with Crippen molar-refractivity contribution in [1.82, 2.24) is 30.8 Å². The lowest BCUT2D eigenvalue weighted by Crippen LogP contribution is -2.52. The maximum Gasteiger partial charge on any atom is 0.275 e. The molecular weight excluding hydrogens is 638 g/mol. The molecule has 0 saturated heterocycles. The molecule has 1 aromatic heterocycles. The predicted octanol–water partition coefficient (Wildman–Crippen LogP) is 7.95. The van der Waals surface area contributed by atoms with Crippen molar-refractivity contribution in [1.29, 1.82) is 0 Å². The summed E-state index contributed by atoms with van der Waals surface area (Å²) in [6.45, 7) is 18.4. The van der Waals surface area contributed by atoms with Gasteiger partial charge in [0.05, 0.1) is 24.2 Å². The summed E-state index contributed by atoms with van der Waals surface area (Å²) in [5, 5.41) is 17.1. The number of rotatable bonds is 11. The number of nitrogens with one attached hydrogen (secondary N) is 2. The van der Waals surface area contributed by atoms with Crippen LogP contribution < -0.4 is 10.1 Å². The maximum absolute atomic E-state index is 14.9. The Kier molecular flexibility index (Phi) is 10.9. The monoisotopic (exact) mass is 689 g/mol. The van der Waals surface area contributed by atoms with Crippen LogP contribution >= 0.6 is 11.6 Å². The van der Waals surface area contributed by atoms with Gasteiger partial charge in [-0.15, -0.1) is 10.2 Å². The fraction of sp³-hybridized carbons (Fsp3) is 0.579. The standard InChI is InChI=1S/C38H52ClN7O3/c1-24-19-25(2)22-38(21-24)41-33(28-13-14-29(39)31(20-28)49-18-17-37(6,7)8)35(48)46(38)30(15-16-36(3,4)5)26-9-11-27(12-10-26)34(47)40-23-32-42-44-45-43-32/h9-14,20,24-25,30H,15-19,21-23H2,1-8H3,(H,40,47)(H,42,43,44,45)/t24?,25?,30-,38?/m1/s1. The molecule has 1 aliphatic heterocycles. The quantitative estimate of drug-likeness (QED) is 0.211. The maximum atomic E-state index is 14.9. The van der Waals surface area contributed by atoms with E-state index in [2.05, 4.69) is 86.2 Å². The zero-order chi connectivity index (χ0) is 35.6. The van der Waals surface area contributed by atoms with Crippen molar-refractivity contribution in [2.24, 2.45) is 27.7 Å². The number of benzene rings is 2. The number of carbonyl (C=O) groups is 2. The van der Waals surface area contributed by atoms with E-state index in [0.29, 0.717) is 46.3 Å². The average Bonchev–Trinajstić information content (AvgIpc) is 3.62. The van der Waals surface area contributed by atoms with E-state index in [-0.39, 0.29) is 35.2 Å². The van der Waals surface area contributed by atoms with Gasteiger partial charge < -0.3 is 15.0 Å². The van der Waals surface area contributed by atoms with Crippen molar-refractivity contribution in [3.63, 3.8) is 0 Å². The summed E-state index contributed by atoms with van der Waals surface area (Å²) in [6, 6.07) is 12.9. The topological polar surface area (TPSA) is 125 Å². The predicted molar refractivity (Wildman–Crippen MR) is 193 cm³/mol. The number of amides is 2. The first-order valence-corrected chi connectivity index (χ1v) is 17.9. The van der Waals surface area contributed by atoms with E-state index in [1.807, 2.05) is 36.4 Å². The molecule has 10 nitrogen and oxygen atoms in total. The van der Waals surface area contributed by atoms with Crippen molar-refractivity contribution in [3.8, 4) is 5.75 Å². The minimum Gasteiger partial charge on any atom is -0.492 e. The molecule has 2 aliphatic rings. The van der Waals surface area contributed by atoms with Crippen LogP contribution in [0.4, 0.5) is 0 Å². The first-order chi connectivity index (χ1) is 23.0. The lowest BCUT2D eigenvalue weighted by molar-refractivity contribution is -0.134. The minimum absolute atomic E-state index is 0.0511. The van der Waals surface area contributed by atoms with Crippen molar-refractivity contribution in [2.45, 2.75) is 112 Å². The third kappa shape index (κ3) is 9.07. The van der Waals surface area contributed by atoms with Gasteiger partial charge in [-0.3, -0.25) is 14.6 Å². The molecule has 2 heterocycles. The van der Waals surface area contributed by atoms with Gasteiger partial charge in [-0.05, 0) is 91.0 Å². The van der Waals surface area contributed by atoms with E-state index in [0.717, 1.165) is 49.7 Å². The number of ether oxygens (including phenoxy) is 1. The zero-order valence-electron chi connectivity index (χ0n) is 30.3. The summed E-state index contributed by atoms with van der Waals surface area (Å²) in [5.74, 6) is 1.45. The average molecular weight is 690 g/mol. The van der Waals surface area contributed by atoms with Crippen LogP contribution in [0.2, 0.25) is 5.02 Å². The Bertz CT molecular complexity index is 1630. The Morgan fingerprint density at radius 1 is 1.04 bits per heavy atom. The lowest BCUT2D eigenvalue weighted by Gasteiger charge is -2.47. The molecule has 2 N–H and O–H groups in total. The smallest absolute Gasteiger partial charge is 0.275 e. The van der Waals surface area contributed by atoms with Crippen LogP contribution in [0.1, 0.15) is 127 Å². The summed E-state index contributed by atoms with van der Waals surface area (Å²) in [5.41, 5.74) is 2.16. The molecule has 3 atom stereocenters. The number of nitrogens with zero attached hydrogens (tertiary/aromatic N) is 5. The Morgan fingerprint density at radius 3 is 2.33 bits per heavy atom. The van der Waals surface area contributed by atoms with E-state index in [1.54, 1.807) is 6.07 Å². The summed E-state index contributed by atoms with van der Waals surface area (Å²) >= 11 is 6.59. The van der Waals surface area contributed by atoms with Gasteiger partial charge in [-0.2, -0.15) is 5.21 Å². The molecule has 2 amide bonds. The van der Waals surface area contributed by atoms with Crippen molar-refractivity contribution < 1.29 is 14.3 Å². The van der Waals surface area contributed by atoms with Crippen LogP contribution in [0.3, 0.4) is 0 Å². The van der Waals surface area contributed by atoms with Crippen LogP contribution in [-0.4, -0.2) is 55.3 Å². The van der Waals surface area contributed by atoms with Crippen LogP contribution in [-0.2, 0) is 11.3 Å². The molecule has 264 valence electrons. The molecule has 2 unspecified atom stereocenters. The van der Waals surface area contributed by atoms with Gasteiger partial charge in [0, 0.05) is 11.1 Å². The van der Waals surface area contributed by atoms with E-state index >= 15 is 0 Å². The molecule has 0 bridgehead atoms. The normalized spacial score (nSPS) is 21.9. The molecule has 0 radical (unpaired) electrons. The number of H-pyrrole nitrogens is 1. The van der Waals surface area contributed by atoms with E-state index < -0.39 is 5.66 Å². The van der Waals surface area contributed by atoms with Gasteiger partial charge in [0.1, 0.15) is 17.1 Å². The third-order valence-electron chi connectivity index (χ3n) is 9.49. The zero-order valence-corrected chi connectivity index (χ0v) is 31.0. The molecule has 1 spiro atoms. The fourth-order valence-corrected chi connectivity index (χ4v) is 7.36. The molecular formula is C38H52ClN7O3. The van der Waals surface area contributed by atoms with Gasteiger partial charge >= 0.3 is 0 Å². The summed E-state index contributed by atoms with van der Waals surface area (Å²) in [7, 11) is 0. The number of aliphatic imine (C=N–C) groups is 1. The molecule has 2 aromatic carbocycles. The highest BCUT2D eigenvalue weighted by Gasteiger charge is 2.53. The van der Waals surface area contributed by atoms with E-state index in [4.69, 9.17) is 21.3 Å². The van der Waals surface area contributed by atoms with Crippen LogP contribution in [0, 0.1) is 22.7 Å². The molecule has 1 saturated carbocycles. The van der Waals surface area contributed by atoms with Crippen LogP contribution in [0.5, 0.6) is 5.75 Å². The first kappa shape index (κ1) is 36.5. The summed E-state index contributed by atoms with van der Waals surface area (Å²) in [6.07, 6.45) is 5.21. The molecule has 11 heteroatoms. The number of tetrazole rings is 1. The first-order valence-electron chi connectivity index (χ1n) is 17.5. The molecule has 1 fully saturated rings. The summed E-state index contributed by atoms with van der Waals surface area (Å²) < 4.78 is 6.15. The molecule has 3 aromatic rings. The second-order valence-electron chi connectivity index (χ2n) is 16.5. The highest BCUT2D eigenvalue weighted by Crippen LogP contribution is 2.49. The van der Waals surface area contributed by atoms with Crippen molar-refractivity contribution in [2.75, 3.05) is 6.61 Å². The van der Waals surface area contributed by atoms with Gasteiger partial charge in [0.2, 0.25) is 0 Å². The minimum atomic E-state index is -0.681. The van der Waals surface area contributed by atoms with Gasteiger partial charge in [-0.25, -0.2) is 0 Å². The Labute approximate surface area is 295 Å². The molecule has 49 heavy (non-hydrogen) atoms. The molecule has 1 aliphatic carbocycles. The van der Waals surface area contributed by atoms with Gasteiger partial charge in [0.25, 0.3) is 11.8 Å². The Morgan fingerprint density at radius 2 is 1.71 bits per heavy atom. The highest BCUT2D eigenvalue weighted by molar-refractivity contribution is 6.47.